The molecule has 0 unspecified atom stereocenters. The lowest BCUT2D eigenvalue weighted by Gasteiger charge is -2.21. The lowest BCUT2D eigenvalue weighted by Crippen LogP contribution is -2.15. The Kier molecular flexibility index (Phi) is 5.62. The Morgan fingerprint density at radius 3 is 2.55 bits per heavy atom. The molecule has 122 valence electrons. The number of amides is 1. The maximum Gasteiger partial charge on any atom is 0.224 e. The van der Waals surface area contributed by atoms with Crippen LogP contribution in [0.3, 0.4) is 0 Å². The van der Waals surface area contributed by atoms with Gasteiger partial charge in [-0.2, -0.15) is 0 Å². The molecule has 1 amide bonds. The van der Waals surface area contributed by atoms with E-state index in [-0.39, 0.29) is 10.8 Å². The predicted molar refractivity (Wildman–Crippen MR) is 88.7 cm³/mol. The molecule has 1 aromatic rings. The molecule has 0 aliphatic heterocycles. The zero-order chi connectivity index (χ0) is 16.2. The SMILES string of the molecule is Cc1ccc(S(C)(=O)=O)cc1NC(=O)CCC1CCCCC1. The smallest absolute Gasteiger partial charge is 0.224 e. The van der Waals surface area contributed by atoms with E-state index in [1.54, 1.807) is 18.2 Å². The molecule has 1 saturated carbocycles. The van der Waals surface area contributed by atoms with E-state index in [2.05, 4.69) is 5.32 Å². The highest BCUT2D eigenvalue weighted by molar-refractivity contribution is 7.90. The molecule has 4 nitrogen and oxygen atoms in total. The first kappa shape index (κ1) is 17.0. The average molecular weight is 323 g/mol. The quantitative estimate of drug-likeness (QED) is 0.898. The van der Waals surface area contributed by atoms with E-state index in [4.69, 9.17) is 0 Å². The first-order chi connectivity index (χ1) is 10.4. The van der Waals surface area contributed by atoms with E-state index in [9.17, 15) is 13.2 Å². The molecule has 22 heavy (non-hydrogen) atoms. The van der Waals surface area contributed by atoms with Crippen LogP contribution >= 0.6 is 0 Å². The average Bonchev–Trinajstić information content (AvgIpc) is 2.47. The zero-order valence-corrected chi connectivity index (χ0v) is 14.2. The second-order valence-corrected chi connectivity index (χ2v) is 8.36. The molecular weight excluding hydrogens is 298 g/mol. The molecule has 0 saturated heterocycles. The lowest BCUT2D eigenvalue weighted by molar-refractivity contribution is -0.116. The largest absolute Gasteiger partial charge is 0.326 e. The Labute approximate surface area is 133 Å². The van der Waals surface area contributed by atoms with Crippen molar-refractivity contribution in [3.63, 3.8) is 0 Å². The molecular formula is C17H25NO3S. The number of nitrogens with one attached hydrogen (secondary N) is 1. The summed E-state index contributed by atoms with van der Waals surface area (Å²) in [6.45, 7) is 1.86. The van der Waals surface area contributed by atoms with Crippen LogP contribution in [0.1, 0.15) is 50.5 Å². The normalized spacial score (nSPS) is 16.5. The van der Waals surface area contributed by atoms with Crippen LogP contribution in [-0.2, 0) is 14.6 Å². The second kappa shape index (κ2) is 7.27. The van der Waals surface area contributed by atoms with Crippen LogP contribution in [0.2, 0.25) is 0 Å². The molecule has 5 heteroatoms. The van der Waals surface area contributed by atoms with Gasteiger partial charge in [0.2, 0.25) is 5.91 Å². The van der Waals surface area contributed by atoms with Crippen molar-refractivity contribution in [2.45, 2.75) is 56.8 Å². The highest BCUT2D eigenvalue weighted by Gasteiger charge is 2.16. The van der Waals surface area contributed by atoms with E-state index in [0.29, 0.717) is 18.0 Å². The van der Waals surface area contributed by atoms with E-state index in [0.717, 1.165) is 12.0 Å². The van der Waals surface area contributed by atoms with Crippen molar-refractivity contribution in [1.82, 2.24) is 0 Å². The Bertz CT molecular complexity index is 631. The van der Waals surface area contributed by atoms with E-state index in [1.165, 1.54) is 38.4 Å². The van der Waals surface area contributed by atoms with Gasteiger partial charge in [-0.3, -0.25) is 4.79 Å². The van der Waals surface area contributed by atoms with Crippen LogP contribution < -0.4 is 5.32 Å². The van der Waals surface area contributed by atoms with Gasteiger partial charge in [0.1, 0.15) is 0 Å². The second-order valence-electron chi connectivity index (χ2n) is 6.34. The topological polar surface area (TPSA) is 63.2 Å². The van der Waals surface area contributed by atoms with Crippen molar-refractivity contribution in [3.05, 3.63) is 23.8 Å². The molecule has 0 radical (unpaired) electrons. The number of hydrogen-bond acceptors (Lipinski definition) is 3. The highest BCUT2D eigenvalue weighted by Crippen LogP contribution is 2.27. The molecule has 1 aromatic carbocycles. The van der Waals surface area contributed by atoms with Crippen molar-refractivity contribution in [3.8, 4) is 0 Å². The first-order valence-electron chi connectivity index (χ1n) is 7.97. The summed E-state index contributed by atoms with van der Waals surface area (Å²) < 4.78 is 23.2. The summed E-state index contributed by atoms with van der Waals surface area (Å²) in [6.07, 6.45) is 8.95. The third kappa shape index (κ3) is 4.83. The molecule has 0 aromatic heterocycles. The molecule has 1 aliphatic carbocycles. The van der Waals surface area contributed by atoms with Gasteiger partial charge in [0, 0.05) is 18.4 Å². The number of sulfone groups is 1. The van der Waals surface area contributed by atoms with Gasteiger partial charge in [-0.15, -0.1) is 0 Å². The summed E-state index contributed by atoms with van der Waals surface area (Å²) in [6, 6.07) is 4.85. The van der Waals surface area contributed by atoms with Gasteiger partial charge < -0.3 is 5.32 Å². The van der Waals surface area contributed by atoms with E-state index >= 15 is 0 Å². The maximum absolute atomic E-state index is 12.1. The van der Waals surface area contributed by atoms with E-state index in [1.807, 2.05) is 6.92 Å². The van der Waals surface area contributed by atoms with Crippen molar-refractivity contribution in [2.24, 2.45) is 5.92 Å². The van der Waals surface area contributed by atoms with Gasteiger partial charge in [0.15, 0.2) is 9.84 Å². The fraction of sp³-hybridized carbons (Fsp3) is 0.588. The third-order valence-electron chi connectivity index (χ3n) is 4.42. The van der Waals surface area contributed by atoms with Gasteiger partial charge >= 0.3 is 0 Å². The van der Waals surface area contributed by atoms with Gasteiger partial charge in [-0.25, -0.2) is 8.42 Å². The van der Waals surface area contributed by atoms with Crippen LogP contribution in [0, 0.1) is 12.8 Å². The Morgan fingerprint density at radius 2 is 1.91 bits per heavy atom. The molecule has 0 atom stereocenters. The highest BCUT2D eigenvalue weighted by atomic mass is 32.2. The molecule has 0 spiro atoms. The van der Waals surface area contributed by atoms with Gasteiger partial charge in [0.05, 0.1) is 4.90 Å². The van der Waals surface area contributed by atoms with Crippen LogP contribution in [0.4, 0.5) is 5.69 Å². The number of carbonyl (C=O) groups excluding carboxylic acids is 1. The number of anilines is 1. The van der Waals surface area contributed by atoms with E-state index < -0.39 is 9.84 Å². The number of benzene rings is 1. The summed E-state index contributed by atoms with van der Waals surface area (Å²) >= 11 is 0. The molecule has 2 rings (SSSR count). The standard InChI is InChI=1S/C17H25NO3S/c1-13-8-10-15(22(2,20)21)12-16(13)18-17(19)11-9-14-6-4-3-5-7-14/h8,10,12,14H,3-7,9,11H2,1-2H3,(H,18,19). The molecule has 0 bridgehead atoms. The zero-order valence-electron chi connectivity index (χ0n) is 13.4. The summed E-state index contributed by atoms with van der Waals surface area (Å²) in [7, 11) is -3.26. The Balaban J connectivity index is 1.96. The Morgan fingerprint density at radius 1 is 1.23 bits per heavy atom. The molecule has 1 aliphatic rings. The minimum Gasteiger partial charge on any atom is -0.326 e. The van der Waals surface area contributed by atoms with Crippen LogP contribution in [0.5, 0.6) is 0 Å². The van der Waals surface area contributed by atoms with Crippen LogP contribution in [0.25, 0.3) is 0 Å². The third-order valence-corrected chi connectivity index (χ3v) is 5.53. The minimum atomic E-state index is -3.26. The fourth-order valence-electron chi connectivity index (χ4n) is 2.99. The summed E-state index contributed by atoms with van der Waals surface area (Å²) in [5, 5.41) is 2.86. The summed E-state index contributed by atoms with van der Waals surface area (Å²) in [5.74, 6) is 0.641. The maximum atomic E-state index is 12.1. The van der Waals surface area contributed by atoms with Crippen molar-refractivity contribution in [2.75, 3.05) is 11.6 Å². The first-order valence-corrected chi connectivity index (χ1v) is 9.86. The van der Waals surface area contributed by atoms with Gasteiger partial charge in [-0.1, -0.05) is 38.2 Å². The number of rotatable bonds is 5. The number of carbonyl (C=O) groups is 1. The number of aryl methyl sites for hydroxylation is 1. The summed E-state index contributed by atoms with van der Waals surface area (Å²) in [5.41, 5.74) is 1.47. The minimum absolute atomic E-state index is 0.0284. The predicted octanol–water partition coefficient (Wildman–Crippen LogP) is 3.70. The van der Waals surface area contributed by atoms with Crippen molar-refractivity contribution < 1.29 is 13.2 Å². The van der Waals surface area contributed by atoms with Gasteiger partial charge in [-0.05, 0) is 37.0 Å². The van der Waals surface area contributed by atoms with Gasteiger partial charge in [0.25, 0.3) is 0 Å². The summed E-state index contributed by atoms with van der Waals surface area (Å²) in [4.78, 5) is 12.3. The monoisotopic (exact) mass is 323 g/mol. The fourth-order valence-corrected chi connectivity index (χ4v) is 3.64. The van der Waals surface area contributed by atoms with Crippen molar-refractivity contribution >= 4 is 21.4 Å². The van der Waals surface area contributed by atoms with Crippen LogP contribution in [0.15, 0.2) is 23.1 Å². The molecule has 1 fully saturated rings. The van der Waals surface area contributed by atoms with Crippen LogP contribution in [-0.4, -0.2) is 20.6 Å². The lowest BCUT2D eigenvalue weighted by atomic mass is 9.86. The Hall–Kier alpha value is -1.36. The molecule has 0 heterocycles. The molecule has 1 N–H and O–H groups in total. The van der Waals surface area contributed by atoms with Crippen molar-refractivity contribution in [1.29, 1.82) is 0 Å². The number of hydrogen-bond donors (Lipinski definition) is 1.